The van der Waals surface area contributed by atoms with Gasteiger partial charge in [0.2, 0.25) is 0 Å². The lowest BCUT2D eigenvalue weighted by atomic mass is 9.80. The normalized spacial score (nSPS) is 18.9. The zero-order valence-corrected chi connectivity index (χ0v) is 16.5. The Balaban J connectivity index is 1.64. The smallest absolute Gasteiger partial charge is 0.343 e. The van der Waals surface area contributed by atoms with E-state index in [1.807, 2.05) is 30.3 Å². The molecule has 0 spiro atoms. The molecular weight excluding hydrogens is 364 g/mol. The van der Waals surface area contributed by atoms with Crippen molar-refractivity contribution in [3.63, 3.8) is 0 Å². The number of benzene rings is 3. The summed E-state index contributed by atoms with van der Waals surface area (Å²) < 4.78 is 11.5. The first-order valence-electron chi connectivity index (χ1n) is 10.1. The van der Waals surface area contributed by atoms with Crippen molar-refractivity contribution in [1.29, 1.82) is 0 Å². The molecule has 0 heterocycles. The largest absolute Gasteiger partial charge is 0.426 e. The second kappa shape index (κ2) is 8.48. The van der Waals surface area contributed by atoms with Crippen molar-refractivity contribution >= 4 is 22.7 Å². The van der Waals surface area contributed by atoms with Crippen molar-refractivity contribution < 1.29 is 19.1 Å². The Morgan fingerprint density at radius 2 is 1.45 bits per heavy atom. The summed E-state index contributed by atoms with van der Waals surface area (Å²) in [6.45, 7) is 2.11. The van der Waals surface area contributed by atoms with E-state index in [-0.39, 0.29) is 11.9 Å². The van der Waals surface area contributed by atoms with E-state index in [2.05, 4.69) is 6.92 Å². The number of esters is 2. The fourth-order valence-corrected chi connectivity index (χ4v) is 4.03. The Bertz CT molecular complexity index is 1020. The number of hydrogen-bond donors (Lipinski definition) is 0. The molecule has 1 fully saturated rings. The van der Waals surface area contributed by atoms with Gasteiger partial charge in [0.1, 0.15) is 11.5 Å². The van der Waals surface area contributed by atoms with Crippen LogP contribution in [-0.4, -0.2) is 11.9 Å². The molecule has 0 saturated heterocycles. The summed E-state index contributed by atoms with van der Waals surface area (Å²) >= 11 is 0. The molecule has 0 aliphatic heterocycles. The molecule has 0 aromatic heterocycles. The second-order valence-electron chi connectivity index (χ2n) is 7.66. The maximum absolute atomic E-state index is 12.8. The van der Waals surface area contributed by atoms with E-state index < -0.39 is 5.97 Å². The topological polar surface area (TPSA) is 52.6 Å². The van der Waals surface area contributed by atoms with Crippen LogP contribution in [-0.2, 0) is 4.79 Å². The minimum absolute atomic E-state index is 0.0852. The lowest BCUT2D eigenvalue weighted by Gasteiger charge is -2.26. The van der Waals surface area contributed by atoms with Crippen LogP contribution in [0.5, 0.6) is 11.5 Å². The van der Waals surface area contributed by atoms with E-state index in [0.717, 1.165) is 24.6 Å². The molecule has 148 valence electrons. The number of rotatable bonds is 4. The summed E-state index contributed by atoms with van der Waals surface area (Å²) in [5.74, 6) is 0.409. The molecule has 0 N–H and O–H groups in total. The van der Waals surface area contributed by atoms with Crippen LogP contribution in [0.15, 0.2) is 66.7 Å². The average Bonchev–Trinajstić information content (AvgIpc) is 2.75. The highest BCUT2D eigenvalue weighted by Crippen LogP contribution is 2.36. The standard InChI is InChI=1S/C25H24O4/c1-17-9-5-6-14-20(17)25(27)29-22-16-8-13-18-12-7-15-21(23(18)22)28-24(26)19-10-3-2-4-11-19/h2-4,7-8,10-13,15-17,20H,5-6,9,14H2,1H3. The Morgan fingerprint density at radius 1 is 0.793 bits per heavy atom. The minimum Gasteiger partial charge on any atom is -0.426 e. The molecule has 2 unspecified atom stereocenters. The van der Waals surface area contributed by atoms with Gasteiger partial charge in [0.05, 0.1) is 16.9 Å². The van der Waals surface area contributed by atoms with Gasteiger partial charge >= 0.3 is 11.9 Å². The Kier molecular flexibility index (Phi) is 5.61. The Labute approximate surface area is 170 Å². The fourth-order valence-electron chi connectivity index (χ4n) is 4.03. The van der Waals surface area contributed by atoms with Gasteiger partial charge < -0.3 is 9.47 Å². The van der Waals surface area contributed by atoms with Crippen LogP contribution in [0.1, 0.15) is 43.0 Å². The van der Waals surface area contributed by atoms with Gasteiger partial charge in [-0.25, -0.2) is 4.79 Å². The molecule has 3 aromatic rings. The van der Waals surface area contributed by atoms with Crippen LogP contribution in [0, 0.1) is 11.8 Å². The summed E-state index contributed by atoms with van der Waals surface area (Å²) in [5, 5.41) is 1.49. The third-order valence-corrected chi connectivity index (χ3v) is 5.67. The Hall–Kier alpha value is -3.14. The highest BCUT2D eigenvalue weighted by molar-refractivity contribution is 5.99. The van der Waals surface area contributed by atoms with Gasteiger partial charge in [-0.1, -0.05) is 62.2 Å². The van der Waals surface area contributed by atoms with Crippen LogP contribution in [0.4, 0.5) is 0 Å². The molecule has 3 aromatic carbocycles. The Morgan fingerprint density at radius 3 is 2.14 bits per heavy atom. The average molecular weight is 388 g/mol. The molecular formula is C25H24O4. The van der Waals surface area contributed by atoms with Crippen LogP contribution in [0.3, 0.4) is 0 Å². The van der Waals surface area contributed by atoms with Crippen molar-refractivity contribution in [3.05, 3.63) is 72.3 Å². The SMILES string of the molecule is CC1CCCCC1C(=O)Oc1cccc2cccc(OC(=O)c3ccccc3)c12. The zero-order chi connectivity index (χ0) is 20.2. The van der Waals surface area contributed by atoms with Gasteiger partial charge in [0, 0.05) is 0 Å². The van der Waals surface area contributed by atoms with Crippen molar-refractivity contribution in [1.82, 2.24) is 0 Å². The summed E-state index contributed by atoms with van der Waals surface area (Å²) in [7, 11) is 0. The first-order chi connectivity index (χ1) is 14.1. The van der Waals surface area contributed by atoms with Crippen LogP contribution in [0.25, 0.3) is 10.8 Å². The third-order valence-electron chi connectivity index (χ3n) is 5.67. The molecule has 0 radical (unpaired) electrons. The lowest BCUT2D eigenvalue weighted by Crippen LogP contribution is -2.29. The summed E-state index contributed by atoms with van der Waals surface area (Å²) in [5.41, 5.74) is 0.468. The molecule has 1 saturated carbocycles. The predicted octanol–water partition coefficient (Wildman–Crippen LogP) is 5.79. The molecule has 1 aliphatic carbocycles. The molecule has 4 rings (SSSR count). The predicted molar refractivity (Wildman–Crippen MR) is 112 cm³/mol. The highest BCUT2D eigenvalue weighted by Gasteiger charge is 2.30. The van der Waals surface area contributed by atoms with E-state index in [1.54, 1.807) is 36.4 Å². The molecule has 1 aliphatic rings. The van der Waals surface area contributed by atoms with Crippen molar-refractivity contribution in [3.8, 4) is 11.5 Å². The zero-order valence-electron chi connectivity index (χ0n) is 16.5. The maximum Gasteiger partial charge on any atom is 0.343 e. The van der Waals surface area contributed by atoms with Crippen molar-refractivity contribution in [2.45, 2.75) is 32.6 Å². The van der Waals surface area contributed by atoms with Crippen LogP contribution in [0.2, 0.25) is 0 Å². The quantitative estimate of drug-likeness (QED) is 0.419. The molecule has 2 atom stereocenters. The first-order valence-corrected chi connectivity index (χ1v) is 10.1. The van der Waals surface area contributed by atoms with E-state index in [1.165, 1.54) is 6.42 Å². The molecule has 4 nitrogen and oxygen atoms in total. The van der Waals surface area contributed by atoms with Gasteiger partial charge in [0.25, 0.3) is 0 Å². The minimum atomic E-state index is -0.444. The van der Waals surface area contributed by atoms with Crippen molar-refractivity contribution in [2.24, 2.45) is 11.8 Å². The summed E-state index contributed by atoms with van der Waals surface area (Å²) in [6.07, 6.45) is 4.13. The first kappa shape index (κ1) is 19.2. The van der Waals surface area contributed by atoms with Gasteiger partial charge in [0.15, 0.2) is 0 Å². The van der Waals surface area contributed by atoms with E-state index in [9.17, 15) is 9.59 Å². The number of fused-ring (bicyclic) bond motifs is 1. The van der Waals surface area contributed by atoms with E-state index in [4.69, 9.17) is 9.47 Å². The number of ether oxygens (including phenoxy) is 2. The van der Waals surface area contributed by atoms with E-state index >= 15 is 0 Å². The van der Waals surface area contributed by atoms with Gasteiger partial charge in [-0.15, -0.1) is 0 Å². The maximum atomic E-state index is 12.8. The fraction of sp³-hybridized carbons (Fsp3) is 0.280. The lowest BCUT2D eigenvalue weighted by molar-refractivity contribution is -0.141. The van der Waals surface area contributed by atoms with E-state index in [0.29, 0.717) is 28.4 Å². The number of carbonyl (C=O) groups is 2. The third kappa shape index (κ3) is 4.16. The van der Waals surface area contributed by atoms with Crippen LogP contribution < -0.4 is 9.47 Å². The van der Waals surface area contributed by atoms with Gasteiger partial charge in [-0.05, 0) is 48.4 Å². The summed E-state index contributed by atoms with van der Waals surface area (Å²) in [4.78, 5) is 25.4. The highest BCUT2D eigenvalue weighted by atomic mass is 16.5. The number of hydrogen-bond acceptors (Lipinski definition) is 4. The summed E-state index contributed by atoms with van der Waals surface area (Å²) in [6, 6.07) is 19.8. The molecule has 29 heavy (non-hydrogen) atoms. The number of carbonyl (C=O) groups excluding carboxylic acids is 2. The van der Waals surface area contributed by atoms with Crippen molar-refractivity contribution in [2.75, 3.05) is 0 Å². The van der Waals surface area contributed by atoms with Crippen LogP contribution >= 0.6 is 0 Å². The molecule has 4 heteroatoms. The molecule has 0 bridgehead atoms. The second-order valence-corrected chi connectivity index (χ2v) is 7.66. The van der Waals surface area contributed by atoms with Gasteiger partial charge in [-0.3, -0.25) is 4.79 Å². The van der Waals surface area contributed by atoms with Gasteiger partial charge in [-0.2, -0.15) is 0 Å². The molecule has 0 amide bonds. The monoisotopic (exact) mass is 388 g/mol.